The lowest BCUT2D eigenvalue weighted by atomic mass is 10.2. The molecular formula is C19H18ClN5O3. The minimum atomic E-state index is -0.434. The smallest absolute Gasteiger partial charge is 0.276 e. The Balaban J connectivity index is 1.68. The van der Waals surface area contributed by atoms with Gasteiger partial charge in [0.15, 0.2) is 5.69 Å². The van der Waals surface area contributed by atoms with Crippen molar-refractivity contribution < 1.29 is 14.3 Å². The quantitative estimate of drug-likeness (QED) is 0.628. The molecule has 8 nitrogen and oxygen atoms in total. The van der Waals surface area contributed by atoms with E-state index in [-0.39, 0.29) is 5.69 Å². The lowest BCUT2D eigenvalue weighted by Gasteiger charge is -2.13. The van der Waals surface area contributed by atoms with Gasteiger partial charge >= 0.3 is 0 Å². The Morgan fingerprint density at radius 1 is 1.04 bits per heavy atom. The van der Waals surface area contributed by atoms with Crippen LogP contribution >= 0.6 is 11.6 Å². The van der Waals surface area contributed by atoms with E-state index >= 15 is 0 Å². The van der Waals surface area contributed by atoms with Crippen LogP contribution in [-0.2, 0) is 6.54 Å². The van der Waals surface area contributed by atoms with Crippen LogP contribution in [0.25, 0.3) is 0 Å². The third-order valence-corrected chi connectivity index (χ3v) is 4.14. The van der Waals surface area contributed by atoms with Gasteiger partial charge in [-0.25, -0.2) is 0 Å². The Bertz CT molecular complexity index is 952. The monoisotopic (exact) mass is 399 g/mol. The van der Waals surface area contributed by atoms with E-state index in [9.17, 15) is 4.79 Å². The summed E-state index contributed by atoms with van der Waals surface area (Å²) in [5.74, 6) is 0.942. The van der Waals surface area contributed by atoms with Crippen LogP contribution < -0.4 is 20.1 Å². The zero-order valence-electron chi connectivity index (χ0n) is 15.3. The number of hydrogen-bond acceptors (Lipinski definition) is 7. The first kappa shape index (κ1) is 19.4. The lowest BCUT2D eigenvalue weighted by molar-refractivity contribution is 0.102. The zero-order chi connectivity index (χ0) is 19.9. The molecule has 28 heavy (non-hydrogen) atoms. The maximum absolute atomic E-state index is 12.5. The largest absolute Gasteiger partial charge is 0.495 e. The number of halogens is 1. The van der Waals surface area contributed by atoms with Crippen molar-refractivity contribution in [3.63, 3.8) is 0 Å². The maximum atomic E-state index is 12.5. The molecule has 1 aromatic carbocycles. The second kappa shape index (κ2) is 9.01. The number of hydrogen-bond donors (Lipinski definition) is 2. The molecule has 2 aromatic heterocycles. The van der Waals surface area contributed by atoms with Crippen LogP contribution in [0.2, 0.25) is 5.02 Å². The number of aromatic nitrogens is 3. The van der Waals surface area contributed by atoms with Crippen LogP contribution in [0.15, 0.2) is 48.8 Å². The fourth-order valence-electron chi connectivity index (χ4n) is 2.39. The second-order valence-corrected chi connectivity index (χ2v) is 6.06. The SMILES string of the molecule is COc1cc(NC(=O)c2ccc(NCc3ccncc3)nn2)c(OC)cc1Cl. The van der Waals surface area contributed by atoms with Crippen LogP contribution in [0.5, 0.6) is 11.5 Å². The number of nitrogens with zero attached hydrogens (tertiary/aromatic N) is 3. The van der Waals surface area contributed by atoms with E-state index in [1.165, 1.54) is 14.2 Å². The number of methoxy groups -OCH3 is 2. The van der Waals surface area contributed by atoms with Crippen molar-refractivity contribution in [2.75, 3.05) is 24.9 Å². The lowest BCUT2D eigenvalue weighted by Crippen LogP contribution is -2.15. The summed E-state index contributed by atoms with van der Waals surface area (Å²) in [5.41, 5.74) is 1.63. The Morgan fingerprint density at radius 2 is 1.79 bits per heavy atom. The summed E-state index contributed by atoms with van der Waals surface area (Å²) < 4.78 is 10.4. The van der Waals surface area contributed by atoms with Crippen molar-refractivity contribution in [1.82, 2.24) is 15.2 Å². The molecule has 0 radical (unpaired) electrons. The fraction of sp³-hybridized carbons (Fsp3) is 0.158. The Morgan fingerprint density at radius 3 is 2.43 bits per heavy atom. The van der Waals surface area contributed by atoms with Gasteiger partial charge in [-0.1, -0.05) is 11.6 Å². The highest BCUT2D eigenvalue weighted by atomic mass is 35.5. The van der Waals surface area contributed by atoms with E-state index in [4.69, 9.17) is 21.1 Å². The van der Waals surface area contributed by atoms with Crippen molar-refractivity contribution in [2.45, 2.75) is 6.54 Å². The van der Waals surface area contributed by atoms with Gasteiger partial charge in [-0.2, -0.15) is 0 Å². The highest BCUT2D eigenvalue weighted by molar-refractivity contribution is 6.32. The molecular weight excluding hydrogens is 382 g/mol. The average Bonchev–Trinajstić information content (AvgIpc) is 2.74. The first-order chi connectivity index (χ1) is 13.6. The molecule has 2 N–H and O–H groups in total. The normalized spacial score (nSPS) is 10.2. The van der Waals surface area contributed by atoms with Gasteiger partial charge in [0.2, 0.25) is 0 Å². The molecule has 144 valence electrons. The highest BCUT2D eigenvalue weighted by Gasteiger charge is 2.15. The second-order valence-electron chi connectivity index (χ2n) is 5.65. The van der Waals surface area contributed by atoms with E-state index in [2.05, 4.69) is 25.8 Å². The molecule has 0 bridgehead atoms. The molecule has 0 fully saturated rings. The van der Waals surface area contributed by atoms with Crippen molar-refractivity contribution >= 4 is 29.0 Å². The standard InChI is InChI=1S/C19H18ClN5O3/c1-27-16-10-15(17(28-2)9-13(16)20)23-19(26)14-3-4-18(25-24-14)22-11-12-5-7-21-8-6-12/h3-10H,11H2,1-2H3,(H,22,25)(H,23,26). The van der Waals surface area contributed by atoms with E-state index in [0.717, 1.165) is 5.56 Å². The van der Waals surface area contributed by atoms with Gasteiger partial charge in [0.1, 0.15) is 17.3 Å². The van der Waals surface area contributed by atoms with Gasteiger partial charge in [-0.05, 0) is 29.8 Å². The molecule has 0 aliphatic carbocycles. The number of carbonyl (C=O) groups is 1. The molecule has 0 saturated carbocycles. The number of amides is 1. The Labute approximate surface area is 166 Å². The molecule has 0 aliphatic heterocycles. The molecule has 3 aromatic rings. The summed E-state index contributed by atoms with van der Waals surface area (Å²) in [6, 6.07) is 10.2. The van der Waals surface area contributed by atoms with Crippen LogP contribution in [-0.4, -0.2) is 35.3 Å². The minimum absolute atomic E-state index is 0.158. The van der Waals surface area contributed by atoms with Crippen LogP contribution in [0.4, 0.5) is 11.5 Å². The van der Waals surface area contributed by atoms with Gasteiger partial charge in [-0.3, -0.25) is 9.78 Å². The number of rotatable bonds is 7. The molecule has 9 heteroatoms. The third kappa shape index (κ3) is 4.66. The third-order valence-electron chi connectivity index (χ3n) is 3.84. The Hall–Kier alpha value is -3.39. The molecule has 0 saturated heterocycles. The molecule has 0 unspecified atom stereocenters. The minimum Gasteiger partial charge on any atom is -0.495 e. The van der Waals surface area contributed by atoms with Crippen molar-refractivity contribution in [3.05, 3.63) is 65.1 Å². The summed E-state index contributed by atoms with van der Waals surface area (Å²) in [7, 11) is 2.97. The molecule has 0 spiro atoms. The number of anilines is 2. The fourth-order valence-corrected chi connectivity index (χ4v) is 2.62. The zero-order valence-corrected chi connectivity index (χ0v) is 16.0. The van der Waals surface area contributed by atoms with Gasteiger partial charge in [0.05, 0.1) is 24.9 Å². The van der Waals surface area contributed by atoms with Crippen molar-refractivity contribution in [3.8, 4) is 11.5 Å². The summed E-state index contributed by atoms with van der Waals surface area (Å²) in [6.07, 6.45) is 3.44. The van der Waals surface area contributed by atoms with Crippen LogP contribution in [0, 0.1) is 0 Å². The van der Waals surface area contributed by atoms with Crippen molar-refractivity contribution in [2.24, 2.45) is 0 Å². The Kier molecular flexibility index (Phi) is 6.23. The summed E-state index contributed by atoms with van der Waals surface area (Å²) in [4.78, 5) is 16.5. The van der Waals surface area contributed by atoms with E-state index in [1.807, 2.05) is 12.1 Å². The summed E-state index contributed by atoms with van der Waals surface area (Å²) in [5, 5.41) is 14.2. The number of benzene rings is 1. The summed E-state index contributed by atoms with van der Waals surface area (Å²) >= 11 is 6.07. The molecule has 3 rings (SSSR count). The van der Waals surface area contributed by atoms with Crippen LogP contribution in [0.1, 0.15) is 16.1 Å². The first-order valence-electron chi connectivity index (χ1n) is 8.30. The predicted molar refractivity (Wildman–Crippen MR) is 106 cm³/mol. The maximum Gasteiger partial charge on any atom is 0.276 e. The van der Waals surface area contributed by atoms with E-state index in [0.29, 0.717) is 34.6 Å². The van der Waals surface area contributed by atoms with Crippen molar-refractivity contribution in [1.29, 1.82) is 0 Å². The predicted octanol–water partition coefficient (Wildman–Crippen LogP) is 3.41. The van der Waals surface area contributed by atoms with E-state index < -0.39 is 5.91 Å². The molecule has 1 amide bonds. The molecule has 0 aliphatic rings. The number of nitrogens with one attached hydrogen (secondary N) is 2. The summed E-state index contributed by atoms with van der Waals surface area (Å²) in [6.45, 7) is 0.574. The number of pyridine rings is 1. The van der Waals surface area contributed by atoms with Gasteiger partial charge < -0.3 is 20.1 Å². The first-order valence-corrected chi connectivity index (χ1v) is 8.68. The van der Waals surface area contributed by atoms with E-state index in [1.54, 1.807) is 36.7 Å². The number of ether oxygens (including phenoxy) is 2. The highest BCUT2D eigenvalue weighted by Crippen LogP contribution is 2.36. The average molecular weight is 400 g/mol. The van der Waals surface area contributed by atoms with Gasteiger partial charge in [0, 0.05) is 31.1 Å². The topological polar surface area (TPSA) is 98.3 Å². The van der Waals surface area contributed by atoms with Gasteiger partial charge in [0.25, 0.3) is 5.91 Å². The van der Waals surface area contributed by atoms with Gasteiger partial charge in [-0.15, -0.1) is 10.2 Å². The molecule has 0 atom stereocenters. The van der Waals surface area contributed by atoms with Crippen LogP contribution in [0.3, 0.4) is 0 Å². The number of carbonyl (C=O) groups excluding carboxylic acids is 1. The molecule has 2 heterocycles.